The Morgan fingerprint density at radius 3 is 2.18 bits per heavy atom. The number of H-pyrrole nitrogens is 1. The fourth-order valence-corrected chi connectivity index (χ4v) is 3.45. The van der Waals surface area contributed by atoms with Crippen molar-refractivity contribution in [2.75, 3.05) is 5.32 Å². The van der Waals surface area contributed by atoms with E-state index in [-0.39, 0.29) is 18.1 Å². The Morgan fingerprint density at radius 1 is 0.971 bits per heavy atom. The van der Waals surface area contributed by atoms with Gasteiger partial charge in [0.2, 0.25) is 0 Å². The van der Waals surface area contributed by atoms with Crippen LogP contribution in [0.5, 0.6) is 0 Å². The normalized spacial score (nSPS) is 11.4. The number of aromatic amines is 1. The van der Waals surface area contributed by atoms with Crippen LogP contribution in [0, 0.1) is 5.92 Å². The molecule has 0 unspecified atom stereocenters. The minimum absolute atomic E-state index is 0.0710. The Balaban J connectivity index is 0.000000266. The third-order valence-electron chi connectivity index (χ3n) is 4.94. The van der Waals surface area contributed by atoms with Gasteiger partial charge in [0, 0.05) is 44.7 Å². The second-order valence-corrected chi connectivity index (χ2v) is 10.7. The zero-order valence-corrected chi connectivity index (χ0v) is 22.4. The highest BCUT2D eigenvalue weighted by Gasteiger charge is 2.18. The average molecular weight is 505 g/mol. The van der Waals surface area contributed by atoms with Crippen LogP contribution in [0.15, 0.2) is 42.5 Å². The minimum Gasteiger partial charge on any atom is -0.444 e. The Labute approximate surface area is 212 Å². The lowest BCUT2D eigenvalue weighted by molar-refractivity contribution is -0.121. The SMILES string of the molecule is CC(C)C(=O)Cc1cc(Cl)ccc1NC(=O)OC(C)(C)C.CC(C)c1cc2cc(Cl)ccc2[nH]1. The molecule has 7 heteroatoms. The van der Waals surface area contributed by atoms with Crippen LogP contribution in [0.4, 0.5) is 10.5 Å². The van der Waals surface area contributed by atoms with Crippen molar-refractivity contribution < 1.29 is 14.3 Å². The first-order chi connectivity index (χ1) is 15.7. The van der Waals surface area contributed by atoms with Gasteiger partial charge < -0.3 is 9.72 Å². The van der Waals surface area contributed by atoms with E-state index in [0.717, 1.165) is 10.5 Å². The summed E-state index contributed by atoms with van der Waals surface area (Å²) in [5.74, 6) is 0.550. The van der Waals surface area contributed by atoms with Crippen LogP contribution in [0.1, 0.15) is 65.6 Å². The summed E-state index contributed by atoms with van der Waals surface area (Å²) < 4.78 is 5.21. The van der Waals surface area contributed by atoms with Crippen molar-refractivity contribution in [1.82, 2.24) is 4.98 Å². The van der Waals surface area contributed by atoms with Gasteiger partial charge in [-0.3, -0.25) is 10.1 Å². The molecular formula is C27H34Cl2N2O3. The zero-order valence-electron chi connectivity index (χ0n) is 20.9. The van der Waals surface area contributed by atoms with Crippen molar-refractivity contribution in [2.45, 2.75) is 66.4 Å². The highest BCUT2D eigenvalue weighted by Crippen LogP contribution is 2.24. The van der Waals surface area contributed by atoms with E-state index in [4.69, 9.17) is 27.9 Å². The van der Waals surface area contributed by atoms with Crippen molar-refractivity contribution >= 4 is 51.7 Å². The van der Waals surface area contributed by atoms with Crippen molar-refractivity contribution in [3.05, 3.63) is 63.8 Å². The number of fused-ring (bicyclic) bond motifs is 1. The van der Waals surface area contributed by atoms with Gasteiger partial charge in [0.1, 0.15) is 11.4 Å². The van der Waals surface area contributed by atoms with E-state index >= 15 is 0 Å². The van der Waals surface area contributed by atoms with Crippen LogP contribution in [0.25, 0.3) is 10.9 Å². The number of anilines is 1. The van der Waals surface area contributed by atoms with E-state index < -0.39 is 11.7 Å². The van der Waals surface area contributed by atoms with Crippen molar-refractivity contribution in [2.24, 2.45) is 5.92 Å². The second kappa shape index (κ2) is 11.8. The van der Waals surface area contributed by atoms with Gasteiger partial charge in [0.05, 0.1) is 0 Å². The van der Waals surface area contributed by atoms with Gasteiger partial charge in [-0.15, -0.1) is 0 Å². The van der Waals surface area contributed by atoms with Gasteiger partial charge in [-0.2, -0.15) is 0 Å². The molecule has 0 aliphatic heterocycles. The molecule has 0 radical (unpaired) electrons. The first kappa shape index (κ1) is 27.7. The molecular weight excluding hydrogens is 471 g/mol. The molecule has 5 nitrogen and oxygen atoms in total. The molecule has 0 bridgehead atoms. The summed E-state index contributed by atoms with van der Waals surface area (Å²) >= 11 is 11.9. The molecule has 0 spiro atoms. The molecule has 0 saturated heterocycles. The zero-order chi connectivity index (χ0) is 25.6. The van der Waals surface area contributed by atoms with Crippen LogP contribution >= 0.6 is 23.2 Å². The smallest absolute Gasteiger partial charge is 0.412 e. The summed E-state index contributed by atoms with van der Waals surface area (Å²) in [6.45, 7) is 13.4. The van der Waals surface area contributed by atoms with E-state index in [1.807, 2.05) is 32.0 Å². The quantitative estimate of drug-likeness (QED) is 0.366. The van der Waals surface area contributed by atoms with E-state index in [0.29, 0.717) is 22.2 Å². The van der Waals surface area contributed by atoms with Crippen LogP contribution in [0.2, 0.25) is 10.0 Å². The predicted octanol–water partition coefficient (Wildman–Crippen LogP) is 8.40. The summed E-state index contributed by atoms with van der Waals surface area (Å²) in [5, 5.41) is 5.18. The van der Waals surface area contributed by atoms with E-state index in [1.54, 1.807) is 39.0 Å². The van der Waals surface area contributed by atoms with Gasteiger partial charge in [0.15, 0.2) is 0 Å². The maximum atomic E-state index is 11.9. The number of hydrogen-bond acceptors (Lipinski definition) is 3. The van der Waals surface area contributed by atoms with E-state index in [1.165, 1.54) is 11.1 Å². The molecule has 1 heterocycles. The Bertz CT molecular complexity index is 1140. The summed E-state index contributed by atoms with van der Waals surface area (Å²) in [5.41, 5.74) is 3.07. The molecule has 34 heavy (non-hydrogen) atoms. The number of aromatic nitrogens is 1. The maximum Gasteiger partial charge on any atom is 0.412 e. The molecule has 0 aliphatic rings. The summed E-state index contributed by atoms with van der Waals surface area (Å²) in [6, 6.07) is 13.1. The van der Waals surface area contributed by atoms with Crippen molar-refractivity contribution in [3.63, 3.8) is 0 Å². The summed E-state index contributed by atoms with van der Waals surface area (Å²) in [7, 11) is 0. The Kier molecular flexibility index (Phi) is 9.60. The molecule has 0 fully saturated rings. The number of amides is 1. The van der Waals surface area contributed by atoms with Crippen LogP contribution in [-0.4, -0.2) is 22.5 Å². The number of hydrogen-bond donors (Lipinski definition) is 2. The number of carbonyl (C=O) groups is 2. The molecule has 3 rings (SSSR count). The fourth-order valence-electron chi connectivity index (χ4n) is 3.07. The van der Waals surface area contributed by atoms with Crippen molar-refractivity contribution in [1.29, 1.82) is 0 Å². The number of Topliss-reactive ketones (excluding diaryl/α,β-unsaturated/α-hetero) is 1. The van der Waals surface area contributed by atoms with Gasteiger partial charge in [-0.1, -0.05) is 50.9 Å². The number of ether oxygens (including phenoxy) is 1. The third-order valence-corrected chi connectivity index (χ3v) is 5.41. The largest absolute Gasteiger partial charge is 0.444 e. The van der Waals surface area contributed by atoms with Crippen LogP contribution < -0.4 is 5.32 Å². The third kappa shape index (κ3) is 8.69. The molecule has 1 amide bonds. The molecule has 2 N–H and O–H groups in total. The number of ketones is 1. The molecule has 3 aromatic rings. The molecule has 0 atom stereocenters. The maximum absolute atomic E-state index is 11.9. The average Bonchev–Trinajstić information content (AvgIpc) is 3.12. The predicted molar refractivity (Wildman–Crippen MR) is 142 cm³/mol. The number of benzene rings is 2. The highest BCUT2D eigenvalue weighted by molar-refractivity contribution is 6.31. The van der Waals surface area contributed by atoms with Crippen molar-refractivity contribution in [3.8, 4) is 0 Å². The van der Waals surface area contributed by atoms with Gasteiger partial charge >= 0.3 is 6.09 Å². The van der Waals surface area contributed by atoms with Crippen LogP contribution in [-0.2, 0) is 16.0 Å². The first-order valence-electron chi connectivity index (χ1n) is 11.3. The van der Waals surface area contributed by atoms with E-state index in [9.17, 15) is 9.59 Å². The van der Waals surface area contributed by atoms with Gasteiger partial charge in [0.25, 0.3) is 0 Å². The Morgan fingerprint density at radius 2 is 1.59 bits per heavy atom. The second-order valence-electron chi connectivity index (χ2n) is 9.84. The molecule has 1 aromatic heterocycles. The minimum atomic E-state index is -0.579. The number of rotatable bonds is 5. The van der Waals surface area contributed by atoms with Gasteiger partial charge in [-0.25, -0.2) is 4.79 Å². The number of halogens is 2. The van der Waals surface area contributed by atoms with Crippen LogP contribution in [0.3, 0.4) is 0 Å². The molecule has 184 valence electrons. The molecule has 0 saturated carbocycles. The highest BCUT2D eigenvalue weighted by atomic mass is 35.5. The van der Waals surface area contributed by atoms with E-state index in [2.05, 4.69) is 30.2 Å². The topological polar surface area (TPSA) is 71.2 Å². The molecule has 2 aromatic carbocycles. The number of nitrogens with one attached hydrogen (secondary N) is 2. The lowest BCUT2D eigenvalue weighted by Crippen LogP contribution is -2.27. The fraction of sp³-hybridized carbons (Fsp3) is 0.407. The first-order valence-corrected chi connectivity index (χ1v) is 12.1. The summed E-state index contributed by atoms with van der Waals surface area (Å²) in [4.78, 5) is 27.1. The summed E-state index contributed by atoms with van der Waals surface area (Å²) in [6.07, 6.45) is -0.327. The number of carbonyl (C=O) groups excluding carboxylic acids is 2. The monoisotopic (exact) mass is 504 g/mol. The van der Waals surface area contributed by atoms with Gasteiger partial charge in [-0.05, 0) is 74.7 Å². The molecule has 0 aliphatic carbocycles. The Hall–Kier alpha value is -2.50. The standard InChI is InChI=1S/C16H22ClNO3.C11H12ClN/c1-10(2)14(19)9-11-8-12(17)6-7-13(11)18-15(20)21-16(3,4)5;1-7(2)11-6-8-5-9(12)3-4-10(8)13-11/h6-8,10H,9H2,1-5H3,(H,18,20);3-7,13H,1-2H3. The lowest BCUT2D eigenvalue weighted by atomic mass is 10.00. The lowest BCUT2D eigenvalue weighted by Gasteiger charge is -2.20.